The van der Waals surface area contributed by atoms with E-state index in [0.717, 1.165) is 18.4 Å². The summed E-state index contributed by atoms with van der Waals surface area (Å²) in [4.78, 5) is 50.0. The quantitative estimate of drug-likeness (QED) is 0.807. The predicted molar refractivity (Wildman–Crippen MR) is 88.5 cm³/mol. The van der Waals surface area contributed by atoms with Gasteiger partial charge in [0.2, 0.25) is 17.7 Å². The molecule has 3 aliphatic rings. The van der Waals surface area contributed by atoms with E-state index in [9.17, 15) is 19.2 Å². The van der Waals surface area contributed by atoms with Crippen molar-refractivity contribution in [2.24, 2.45) is 5.41 Å². The second-order valence-corrected chi connectivity index (χ2v) is 7.25. The first-order valence-electron chi connectivity index (χ1n) is 8.47. The fraction of sp³-hybridized carbons (Fsp3) is 0.444. The van der Waals surface area contributed by atoms with Crippen molar-refractivity contribution < 1.29 is 19.2 Å². The normalized spacial score (nSPS) is 24.0. The number of imide groups is 1. The van der Waals surface area contributed by atoms with E-state index in [1.807, 2.05) is 6.92 Å². The third kappa shape index (κ3) is 2.59. The van der Waals surface area contributed by atoms with Gasteiger partial charge in [0.1, 0.15) is 6.04 Å². The van der Waals surface area contributed by atoms with Crippen LogP contribution in [-0.4, -0.2) is 34.6 Å². The smallest absolute Gasteiger partial charge is 0.255 e. The van der Waals surface area contributed by atoms with Crippen molar-refractivity contribution in [3.8, 4) is 0 Å². The third-order valence-corrected chi connectivity index (χ3v) is 5.38. The average Bonchev–Trinajstić information content (AvgIpc) is 3.24. The van der Waals surface area contributed by atoms with E-state index in [4.69, 9.17) is 0 Å². The highest BCUT2D eigenvalue weighted by molar-refractivity contribution is 6.07. The lowest BCUT2D eigenvalue weighted by molar-refractivity contribution is -0.137. The summed E-state index contributed by atoms with van der Waals surface area (Å²) >= 11 is 0. The molecule has 1 saturated carbocycles. The van der Waals surface area contributed by atoms with Crippen LogP contribution >= 0.6 is 0 Å². The molecular formula is C18H19N3O4. The molecule has 2 N–H and O–H groups in total. The number of nitrogens with one attached hydrogen (secondary N) is 2. The average molecular weight is 341 g/mol. The minimum Gasteiger partial charge on any atom is -0.325 e. The molecule has 4 rings (SSSR count). The van der Waals surface area contributed by atoms with Crippen LogP contribution in [0.15, 0.2) is 18.2 Å². The number of hydrogen-bond donors (Lipinski definition) is 2. The Morgan fingerprint density at radius 3 is 2.72 bits per heavy atom. The first-order chi connectivity index (χ1) is 11.9. The molecule has 0 aromatic heterocycles. The molecule has 1 aliphatic carbocycles. The van der Waals surface area contributed by atoms with E-state index >= 15 is 0 Å². The van der Waals surface area contributed by atoms with E-state index in [2.05, 4.69) is 10.6 Å². The van der Waals surface area contributed by atoms with Crippen molar-refractivity contribution in [3.05, 3.63) is 29.3 Å². The van der Waals surface area contributed by atoms with Crippen LogP contribution in [0.25, 0.3) is 0 Å². The number of amides is 4. The molecule has 0 bridgehead atoms. The van der Waals surface area contributed by atoms with Gasteiger partial charge in [0.25, 0.3) is 5.91 Å². The van der Waals surface area contributed by atoms with Crippen LogP contribution in [0, 0.1) is 5.41 Å². The molecule has 7 nitrogen and oxygen atoms in total. The van der Waals surface area contributed by atoms with Crippen molar-refractivity contribution in [1.82, 2.24) is 10.2 Å². The summed E-state index contributed by atoms with van der Waals surface area (Å²) in [6.07, 6.45) is 2.28. The molecule has 4 amide bonds. The summed E-state index contributed by atoms with van der Waals surface area (Å²) in [5.41, 5.74) is 1.55. The number of rotatable bonds is 3. The zero-order valence-electron chi connectivity index (χ0n) is 13.9. The van der Waals surface area contributed by atoms with Gasteiger partial charge in [-0.25, -0.2) is 0 Å². The molecule has 1 atom stereocenters. The number of nitrogens with zero attached hydrogens (tertiary/aromatic N) is 1. The molecular weight excluding hydrogens is 322 g/mol. The van der Waals surface area contributed by atoms with Crippen LogP contribution < -0.4 is 10.6 Å². The lowest BCUT2D eigenvalue weighted by atomic mass is 10.0. The molecule has 0 spiro atoms. The highest BCUT2D eigenvalue weighted by Gasteiger charge is 2.45. The zero-order chi connectivity index (χ0) is 17.8. The van der Waals surface area contributed by atoms with Crippen LogP contribution in [0.2, 0.25) is 0 Å². The number of carbonyl (C=O) groups excluding carboxylic acids is 4. The van der Waals surface area contributed by atoms with Gasteiger partial charge in [-0.05, 0) is 31.4 Å². The van der Waals surface area contributed by atoms with E-state index in [-0.39, 0.29) is 36.1 Å². The summed E-state index contributed by atoms with van der Waals surface area (Å²) in [5, 5.41) is 5.22. The summed E-state index contributed by atoms with van der Waals surface area (Å²) in [7, 11) is 0. The van der Waals surface area contributed by atoms with Crippen molar-refractivity contribution in [2.75, 3.05) is 5.32 Å². The van der Waals surface area contributed by atoms with E-state index < -0.39 is 11.9 Å². The lowest BCUT2D eigenvalue weighted by Gasteiger charge is -2.29. The predicted octanol–water partition coefficient (Wildman–Crippen LogP) is 1.19. The van der Waals surface area contributed by atoms with Gasteiger partial charge in [0, 0.05) is 35.2 Å². The minimum atomic E-state index is -0.651. The lowest BCUT2D eigenvalue weighted by Crippen LogP contribution is -2.52. The Hall–Kier alpha value is -2.70. The van der Waals surface area contributed by atoms with E-state index in [1.54, 1.807) is 18.2 Å². The molecule has 2 fully saturated rings. The van der Waals surface area contributed by atoms with Crippen LogP contribution in [0.5, 0.6) is 0 Å². The number of benzene rings is 1. The maximum atomic E-state index is 12.7. The Kier molecular flexibility index (Phi) is 3.42. The molecule has 7 heteroatoms. The molecule has 2 heterocycles. The molecule has 1 aromatic carbocycles. The topological polar surface area (TPSA) is 95.6 Å². The molecule has 1 aromatic rings. The van der Waals surface area contributed by atoms with Crippen LogP contribution in [0.1, 0.15) is 48.5 Å². The SMILES string of the molecule is CC1(C(=O)Nc2cccc3c2CN(C2CCC(=O)NC2=O)C3=O)CC1. The van der Waals surface area contributed by atoms with Gasteiger partial charge < -0.3 is 10.2 Å². The maximum absolute atomic E-state index is 12.7. The molecule has 130 valence electrons. The highest BCUT2D eigenvalue weighted by Crippen LogP contribution is 2.46. The van der Waals surface area contributed by atoms with Gasteiger partial charge in [-0.2, -0.15) is 0 Å². The fourth-order valence-electron chi connectivity index (χ4n) is 3.39. The van der Waals surface area contributed by atoms with E-state index in [0.29, 0.717) is 17.7 Å². The van der Waals surface area contributed by atoms with Gasteiger partial charge >= 0.3 is 0 Å². The summed E-state index contributed by atoms with van der Waals surface area (Å²) in [6.45, 7) is 2.18. The number of carbonyl (C=O) groups is 4. The Bertz CT molecular complexity index is 813. The summed E-state index contributed by atoms with van der Waals surface area (Å²) < 4.78 is 0. The standard InChI is InChI=1S/C18H19N3O4/c1-18(7-8-18)17(25)19-12-4-2-3-10-11(12)9-21(16(10)24)13-5-6-14(22)20-15(13)23/h2-4,13H,5-9H2,1H3,(H,19,25)(H,20,22,23). The monoisotopic (exact) mass is 341 g/mol. The van der Waals surface area contributed by atoms with Gasteiger partial charge in [0.15, 0.2) is 0 Å². The molecule has 2 aliphatic heterocycles. The van der Waals surface area contributed by atoms with Crippen molar-refractivity contribution >= 4 is 29.3 Å². The van der Waals surface area contributed by atoms with E-state index in [1.165, 1.54) is 4.90 Å². The van der Waals surface area contributed by atoms with Crippen LogP contribution in [0.3, 0.4) is 0 Å². The summed E-state index contributed by atoms with van der Waals surface area (Å²) in [6, 6.07) is 4.57. The first kappa shape index (κ1) is 15.8. The van der Waals surface area contributed by atoms with Gasteiger partial charge in [0.05, 0.1) is 0 Å². The van der Waals surface area contributed by atoms with Crippen molar-refractivity contribution in [1.29, 1.82) is 0 Å². The largest absolute Gasteiger partial charge is 0.325 e. The maximum Gasteiger partial charge on any atom is 0.255 e. The van der Waals surface area contributed by atoms with Crippen LogP contribution in [0.4, 0.5) is 5.69 Å². The third-order valence-electron chi connectivity index (χ3n) is 5.38. The Morgan fingerprint density at radius 1 is 1.28 bits per heavy atom. The fourth-order valence-corrected chi connectivity index (χ4v) is 3.39. The van der Waals surface area contributed by atoms with Gasteiger partial charge in [-0.3, -0.25) is 24.5 Å². The minimum absolute atomic E-state index is 0.0344. The number of hydrogen-bond acceptors (Lipinski definition) is 4. The molecule has 0 radical (unpaired) electrons. The number of fused-ring (bicyclic) bond motifs is 1. The van der Waals surface area contributed by atoms with Gasteiger partial charge in [-0.1, -0.05) is 13.0 Å². The summed E-state index contributed by atoms with van der Waals surface area (Å²) in [5.74, 6) is -1.02. The first-order valence-corrected chi connectivity index (χ1v) is 8.47. The molecule has 25 heavy (non-hydrogen) atoms. The number of piperidine rings is 1. The molecule has 1 saturated heterocycles. The Morgan fingerprint density at radius 2 is 2.04 bits per heavy atom. The Labute approximate surface area is 144 Å². The molecule has 1 unspecified atom stereocenters. The van der Waals surface area contributed by atoms with Crippen molar-refractivity contribution in [2.45, 2.75) is 45.2 Å². The van der Waals surface area contributed by atoms with Gasteiger partial charge in [-0.15, -0.1) is 0 Å². The second-order valence-electron chi connectivity index (χ2n) is 7.25. The zero-order valence-corrected chi connectivity index (χ0v) is 13.9. The van der Waals surface area contributed by atoms with Crippen LogP contribution in [-0.2, 0) is 20.9 Å². The number of anilines is 1. The highest BCUT2D eigenvalue weighted by atomic mass is 16.2. The van der Waals surface area contributed by atoms with Crippen molar-refractivity contribution in [3.63, 3.8) is 0 Å². The Balaban J connectivity index is 1.58. The second kappa shape index (κ2) is 5.40.